The molecule has 3 aliphatic heterocycles. The minimum Gasteiger partial charge on any atom is -0.357 e. The van der Waals surface area contributed by atoms with Gasteiger partial charge in [0.25, 0.3) is 0 Å². The van der Waals surface area contributed by atoms with E-state index in [9.17, 15) is 0 Å². The predicted molar refractivity (Wildman–Crippen MR) is 88.7 cm³/mol. The average molecular weight is 282 g/mol. The SMILES string of the molecule is CCCCCC1c2[nH]c3ccccc3c2C2CCN1CC2. The van der Waals surface area contributed by atoms with Crippen molar-refractivity contribution in [2.75, 3.05) is 13.1 Å². The number of aromatic nitrogens is 1. The second kappa shape index (κ2) is 5.49. The summed E-state index contributed by atoms with van der Waals surface area (Å²) in [7, 11) is 0. The van der Waals surface area contributed by atoms with Crippen LogP contribution in [0.25, 0.3) is 10.9 Å². The zero-order valence-electron chi connectivity index (χ0n) is 13.1. The molecule has 0 saturated carbocycles. The Morgan fingerprint density at radius 3 is 2.76 bits per heavy atom. The second-order valence-electron chi connectivity index (χ2n) is 6.82. The van der Waals surface area contributed by atoms with E-state index in [4.69, 9.17) is 0 Å². The van der Waals surface area contributed by atoms with Crippen LogP contribution in [-0.4, -0.2) is 23.0 Å². The van der Waals surface area contributed by atoms with Gasteiger partial charge in [0, 0.05) is 16.6 Å². The molecule has 0 spiro atoms. The Hall–Kier alpha value is -1.28. The molecule has 1 aromatic heterocycles. The molecule has 3 aliphatic rings. The number of unbranched alkanes of at least 4 members (excludes halogenated alkanes) is 2. The maximum Gasteiger partial charge on any atom is 0.0501 e. The first-order valence-electron chi connectivity index (χ1n) is 8.73. The van der Waals surface area contributed by atoms with Gasteiger partial charge in [0.1, 0.15) is 0 Å². The highest BCUT2D eigenvalue weighted by atomic mass is 15.2. The zero-order valence-corrected chi connectivity index (χ0v) is 13.1. The van der Waals surface area contributed by atoms with Crippen LogP contribution < -0.4 is 0 Å². The van der Waals surface area contributed by atoms with E-state index in [2.05, 4.69) is 41.1 Å². The molecule has 2 heteroatoms. The minimum absolute atomic E-state index is 0.631. The van der Waals surface area contributed by atoms with Crippen LogP contribution in [0.5, 0.6) is 0 Å². The van der Waals surface area contributed by atoms with Crippen molar-refractivity contribution in [3.8, 4) is 0 Å². The quantitative estimate of drug-likeness (QED) is 0.783. The zero-order chi connectivity index (χ0) is 14.2. The summed E-state index contributed by atoms with van der Waals surface area (Å²) in [6, 6.07) is 9.55. The molecule has 2 nitrogen and oxygen atoms in total. The van der Waals surface area contributed by atoms with E-state index in [1.807, 2.05) is 0 Å². The van der Waals surface area contributed by atoms with Crippen LogP contribution in [-0.2, 0) is 0 Å². The number of benzene rings is 1. The van der Waals surface area contributed by atoms with Crippen molar-refractivity contribution in [2.24, 2.45) is 0 Å². The number of aromatic amines is 1. The molecule has 2 aromatic rings. The lowest BCUT2D eigenvalue weighted by Gasteiger charge is -2.32. The summed E-state index contributed by atoms with van der Waals surface area (Å²) in [6.45, 7) is 4.88. The molecule has 112 valence electrons. The number of hydrogen-bond donors (Lipinski definition) is 1. The number of nitrogens with one attached hydrogen (secondary N) is 1. The summed E-state index contributed by atoms with van der Waals surface area (Å²) < 4.78 is 0. The van der Waals surface area contributed by atoms with Gasteiger partial charge in [-0.2, -0.15) is 0 Å². The van der Waals surface area contributed by atoms with Gasteiger partial charge in [-0.3, -0.25) is 4.90 Å². The van der Waals surface area contributed by atoms with Gasteiger partial charge in [-0.25, -0.2) is 0 Å². The molecule has 1 saturated heterocycles. The minimum atomic E-state index is 0.631. The van der Waals surface area contributed by atoms with Crippen LogP contribution in [0.4, 0.5) is 0 Å². The molecule has 1 fully saturated rings. The summed E-state index contributed by atoms with van der Waals surface area (Å²) >= 11 is 0. The van der Waals surface area contributed by atoms with Crippen molar-refractivity contribution in [2.45, 2.75) is 57.4 Å². The molecule has 0 amide bonds. The second-order valence-corrected chi connectivity index (χ2v) is 6.82. The van der Waals surface area contributed by atoms with Crippen molar-refractivity contribution < 1.29 is 0 Å². The third-order valence-corrected chi connectivity index (χ3v) is 5.57. The highest BCUT2D eigenvalue weighted by Crippen LogP contribution is 2.45. The molecule has 1 aromatic carbocycles. The van der Waals surface area contributed by atoms with Crippen molar-refractivity contribution in [3.05, 3.63) is 35.5 Å². The molecule has 1 N–H and O–H groups in total. The third kappa shape index (κ3) is 2.20. The smallest absolute Gasteiger partial charge is 0.0501 e. The molecule has 21 heavy (non-hydrogen) atoms. The number of nitrogens with zero attached hydrogens (tertiary/aromatic N) is 1. The van der Waals surface area contributed by atoms with Gasteiger partial charge in [-0.15, -0.1) is 0 Å². The first-order valence-corrected chi connectivity index (χ1v) is 8.73. The van der Waals surface area contributed by atoms with Crippen molar-refractivity contribution >= 4 is 10.9 Å². The van der Waals surface area contributed by atoms with Gasteiger partial charge >= 0.3 is 0 Å². The summed E-state index contributed by atoms with van der Waals surface area (Å²) in [5, 5.41) is 1.49. The number of rotatable bonds is 4. The Morgan fingerprint density at radius 1 is 1.14 bits per heavy atom. The van der Waals surface area contributed by atoms with Crippen molar-refractivity contribution in [3.63, 3.8) is 0 Å². The molecule has 5 rings (SSSR count). The van der Waals surface area contributed by atoms with E-state index >= 15 is 0 Å². The lowest BCUT2D eigenvalue weighted by Crippen LogP contribution is -2.33. The fourth-order valence-corrected chi connectivity index (χ4v) is 4.48. The van der Waals surface area contributed by atoms with Crippen LogP contribution in [0.1, 0.15) is 68.7 Å². The Morgan fingerprint density at radius 2 is 1.95 bits per heavy atom. The maximum atomic E-state index is 3.79. The highest BCUT2D eigenvalue weighted by molar-refractivity contribution is 5.85. The topological polar surface area (TPSA) is 19.0 Å². The monoisotopic (exact) mass is 282 g/mol. The van der Waals surface area contributed by atoms with Crippen LogP contribution in [0.2, 0.25) is 0 Å². The van der Waals surface area contributed by atoms with Gasteiger partial charge in [-0.05, 0) is 49.9 Å². The number of para-hydroxylation sites is 1. The Bertz CT molecular complexity index is 620. The fraction of sp³-hybridized carbons (Fsp3) is 0.579. The third-order valence-electron chi connectivity index (χ3n) is 5.57. The van der Waals surface area contributed by atoms with Crippen LogP contribution in [0, 0.1) is 0 Å². The van der Waals surface area contributed by atoms with Crippen molar-refractivity contribution in [1.82, 2.24) is 9.88 Å². The number of piperidine rings is 1. The molecular weight excluding hydrogens is 256 g/mol. The van der Waals surface area contributed by atoms with Gasteiger partial charge in [0.05, 0.1) is 6.04 Å². The largest absolute Gasteiger partial charge is 0.357 e. The summed E-state index contributed by atoms with van der Waals surface area (Å²) in [4.78, 5) is 6.54. The molecule has 0 radical (unpaired) electrons. The van der Waals surface area contributed by atoms with Gasteiger partial charge < -0.3 is 4.98 Å². The van der Waals surface area contributed by atoms with E-state index in [1.165, 1.54) is 62.5 Å². The summed E-state index contributed by atoms with van der Waals surface area (Å²) in [5.74, 6) is 0.781. The van der Waals surface area contributed by atoms with E-state index in [-0.39, 0.29) is 0 Å². The number of hydrogen-bond acceptors (Lipinski definition) is 1. The highest BCUT2D eigenvalue weighted by Gasteiger charge is 2.36. The fourth-order valence-electron chi connectivity index (χ4n) is 4.48. The Labute approximate surface area is 127 Å². The standard InChI is InChI=1S/C19H26N2/c1-2-3-4-9-17-19-18(14-10-12-21(17)13-11-14)15-7-5-6-8-16(15)20-19/h5-8,14,17,20H,2-4,9-13H2,1H3. The lowest BCUT2D eigenvalue weighted by atomic mass is 9.89. The van der Waals surface area contributed by atoms with E-state index < -0.39 is 0 Å². The maximum absolute atomic E-state index is 3.79. The predicted octanol–water partition coefficient (Wildman–Crippen LogP) is 4.98. The van der Waals surface area contributed by atoms with Crippen LogP contribution in [0.15, 0.2) is 24.3 Å². The Balaban J connectivity index is 1.78. The van der Waals surface area contributed by atoms with Crippen LogP contribution >= 0.6 is 0 Å². The van der Waals surface area contributed by atoms with E-state index in [1.54, 1.807) is 11.3 Å². The van der Waals surface area contributed by atoms with E-state index in [0.717, 1.165) is 5.92 Å². The first-order chi connectivity index (χ1) is 10.4. The van der Waals surface area contributed by atoms with Gasteiger partial charge in [0.15, 0.2) is 0 Å². The number of fused-ring (bicyclic) bond motifs is 3. The first kappa shape index (κ1) is 13.4. The molecule has 1 unspecified atom stereocenters. The summed E-state index contributed by atoms with van der Waals surface area (Å²) in [5.41, 5.74) is 4.55. The molecule has 4 heterocycles. The molecule has 2 bridgehead atoms. The molecule has 0 aliphatic carbocycles. The summed E-state index contributed by atoms with van der Waals surface area (Å²) in [6.07, 6.45) is 8.05. The molecular formula is C19H26N2. The van der Waals surface area contributed by atoms with Gasteiger partial charge in [0.2, 0.25) is 0 Å². The number of H-pyrrole nitrogens is 1. The van der Waals surface area contributed by atoms with Crippen LogP contribution in [0.3, 0.4) is 0 Å². The normalized spacial score (nSPS) is 27.8. The van der Waals surface area contributed by atoms with Crippen molar-refractivity contribution in [1.29, 1.82) is 0 Å². The average Bonchev–Trinajstić information content (AvgIpc) is 2.78. The lowest BCUT2D eigenvalue weighted by molar-refractivity contribution is 0.155. The van der Waals surface area contributed by atoms with Gasteiger partial charge in [-0.1, -0.05) is 44.4 Å². The molecule has 1 atom stereocenters. The Kier molecular flexibility index (Phi) is 3.50. The van der Waals surface area contributed by atoms with E-state index in [0.29, 0.717) is 6.04 Å².